The van der Waals surface area contributed by atoms with E-state index in [1.54, 1.807) is 0 Å². The number of hydrogen-bond acceptors (Lipinski definition) is 2. The van der Waals surface area contributed by atoms with Crippen molar-refractivity contribution in [1.82, 2.24) is 10.2 Å². The summed E-state index contributed by atoms with van der Waals surface area (Å²) in [6.07, 6.45) is 10.2. The fourth-order valence-electron chi connectivity index (χ4n) is 4.08. The summed E-state index contributed by atoms with van der Waals surface area (Å²) in [5.41, 5.74) is 0.911. The van der Waals surface area contributed by atoms with Crippen LogP contribution in [0.25, 0.3) is 0 Å². The minimum absolute atomic E-state index is 0.387. The standard InChI is InChI=1S/C17H32N2/c1-16(2,3)15-12-19(11-8-14-6-7-14)17(13-18-15)9-4-5-10-17/h14-15,18H,4-13H2,1-3H3. The maximum atomic E-state index is 3.88. The zero-order chi connectivity index (χ0) is 13.5. The predicted molar refractivity (Wildman–Crippen MR) is 81.4 cm³/mol. The molecule has 1 unspecified atom stereocenters. The molecule has 0 aromatic heterocycles. The van der Waals surface area contributed by atoms with Gasteiger partial charge in [-0.2, -0.15) is 0 Å². The van der Waals surface area contributed by atoms with Crippen LogP contribution in [0, 0.1) is 11.3 Å². The molecule has 110 valence electrons. The monoisotopic (exact) mass is 264 g/mol. The van der Waals surface area contributed by atoms with Crippen molar-refractivity contribution >= 4 is 0 Å². The van der Waals surface area contributed by atoms with Gasteiger partial charge in [0.15, 0.2) is 0 Å². The Morgan fingerprint density at radius 1 is 1.16 bits per heavy atom. The number of hydrogen-bond donors (Lipinski definition) is 1. The van der Waals surface area contributed by atoms with Gasteiger partial charge < -0.3 is 5.32 Å². The molecule has 19 heavy (non-hydrogen) atoms. The summed E-state index contributed by atoms with van der Waals surface area (Å²) in [5.74, 6) is 1.07. The Morgan fingerprint density at radius 3 is 2.42 bits per heavy atom. The van der Waals surface area contributed by atoms with Gasteiger partial charge in [0.2, 0.25) is 0 Å². The third-order valence-electron chi connectivity index (χ3n) is 5.84. The molecule has 1 heterocycles. The van der Waals surface area contributed by atoms with E-state index < -0.39 is 0 Å². The van der Waals surface area contributed by atoms with Crippen molar-refractivity contribution in [3.05, 3.63) is 0 Å². The molecule has 2 nitrogen and oxygen atoms in total. The van der Waals surface area contributed by atoms with E-state index in [2.05, 4.69) is 31.0 Å². The van der Waals surface area contributed by atoms with Crippen molar-refractivity contribution in [1.29, 1.82) is 0 Å². The SMILES string of the molecule is CC(C)(C)C1CN(CCC2CC2)C2(CCCC2)CN1. The molecule has 1 spiro atoms. The van der Waals surface area contributed by atoms with Gasteiger partial charge in [0, 0.05) is 24.7 Å². The first-order chi connectivity index (χ1) is 9.00. The maximum Gasteiger partial charge on any atom is 0.0334 e. The van der Waals surface area contributed by atoms with E-state index in [9.17, 15) is 0 Å². The zero-order valence-corrected chi connectivity index (χ0v) is 13.2. The highest BCUT2D eigenvalue weighted by Crippen LogP contribution is 2.40. The quantitative estimate of drug-likeness (QED) is 0.840. The molecule has 0 aromatic carbocycles. The highest BCUT2D eigenvalue weighted by molar-refractivity contribution is 5.04. The predicted octanol–water partition coefficient (Wildman–Crippen LogP) is 3.42. The minimum atomic E-state index is 0.387. The van der Waals surface area contributed by atoms with Gasteiger partial charge in [0.1, 0.15) is 0 Å². The molecule has 0 aromatic rings. The first-order valence-corrected chi connectivity index (χ1v) is 8.48. The molecular formula is C17H32N2. The lowest BCUT2D eigenvalue weighted by molar-refractivity contribution is 0.0154. The summed E-state index contributed by atoms with van der Waals surface area (Å²) in [7, 11) is 0. The molecular weight excluding hydrogens is 232 g/mol. The van der Waals surface area contributed by atoms with E-state index in [0.717, 1.165) is 5.92 Å². The number of nitrogens with one attached hydrogen (secondary N) is 1. The minimum Gasteiger partial charge on any atom is -0.310 e. The molecule has 1 N–H and O–H groups in total. The second-order valence-corrected chi connectivity index (χ2v) is 8.41. The lowest BCUT2D eigenvalue weighted by Gasteiger charge is -2.51. The van der Waals surface area contributed by atoms with Crippen LogP contribution in [0.2, 0.25) is 0 Å². The van der Waals surface area contributed by atoms with Gasteiger partial charge in [0.05, 0.1) is 0 Å². The first-order valence-electron chi connectivity index (χ1n) is 8.48. The molecule has 3 rings (SSSR count). The third-order valence-corrected chi connectivity index (χ3v) is 5.84. The molecule has 2 aliphatic carbocycles. The normalized spacial score (nSPS) is 32.1. The fourth-order valence-corrected chi connectivity index (χ4v) is 4.08. The lowest BCUT2D eigenvalue weighted by atomic mass is 9.81. The topological polar surface area (TPSA) is 15.3 Å². The molecule has 1 aliphatic heterocycles. The van der Waals surface area contributed by atoms with Crippen molar-refractivity contribution in [2.24, 2.45) is 11.3 Å². The summed E-state index contributed by atoms with van der Waals surface area (Å²) < 4.78 is 0. The molecule has 0 radical (unpaired) electrons. The first kappa shape index (κ1) is 13.9. The average Bonchev–Trinajstić information content (AvgIpc) is 3.06. The van der Waals surface area contributed by atoms with E-state index in [-0.39, 0.29) is 0 Å². The Bertz CT molecular complexity index is 308. The van der Waals surface area contributed by atoms with Crippen LogP contribution in [-0.4, -0.2) is 36.1 Å². The zero-order valence-electron chi connectivity index (χ0n) is 13.2. The van der Waals surface area contributed by atoms with Gasteiger partial charge >= 0.3 is 0 Å². The van der Waals surface area contributed by atoms with Crippen LogP contribution in [0.15, 0.2) is 0 Å². The van der Waals surface area contributed by atoms with Crippen molar-refractivity contribution in [3.8, 4) is 0 Å². The van der Waals surface area contributed by atoms with Gasteiger partial charge in [-0.1, -0.05) is 46.5 Å². The van der Waals surface area contributed by atoms with Crippen molar-refractivity contribution in [2.45, 2.75) is 77.3 Å². The highest BCUT2D eigenvalue weighted by atomic mass is 15.3. The van der Waals surface area contributed by atoms with Crippen LogP contribution in [0.5, 0.6) is 0 Å². The second-order valence-electron chi connectivity index (χ2n) is 8.41. The Morgan fingerprint density at radius 2 is 1.84 bits per heavy atom. The summed E-state index contributed by atoms with van der Waals surface area (Å²) in [4.78, 5) is 2.89. The number of piperazine rings is 1. The van der Waals surface area contributed by atoms with Crippen molar-refractivity contribution < 1.29 is 0 Å². The largest absolute Gasteiger partial charge is 0.310 e. The fraction of sp³-hybridized carbons (Fsp3) is 1.00. The summed E-state index contributed by atoms with van der Waals surface area (Å²) in [6.45, 7) is 11.0. The molecule has 1 saturated heterocycles. The molecule has 3 aliphatic rings. The van der Waals surface area contributed by atoms with Gasteiger partial charge in [-0.25, -0.2) is 0 Å². The van der Waals surface area contributed by atoms with Crippen LogP contribution in [0.4, 0.5) is 0 Å². The van der Waals surface area contributed by atoms with E-state index in [1.165, 1.54) is 64.6 Å². The molecule has 3 fully saturated rings. The molecule has 0 amide bonds. The number of nitrogens with zero attached hydrogens (tertiary/aromatic N) is 1. The van der Waals surface area contributed by atoms with E-state index in [1.807, 2.05) is 0 Å². The highest BCUT2D eigenvalue weighted by Gasteiger charge is 2.45. The summed E-state index contributed by atoms with van der Waals surface area (Å²) >= 11 is 0. The third kappa shape index (κ3) is 3.00. The van der Waals surface area contributed by atoms with E-state index in [4.69, 9.17) is 0 Å². The van der Waals surface area contributed by atoms with Crippen LogP contribution < -0.4 is 5.32 Å². The lowest BCUT2D eigenvalue weighted by Crippen LogP contribution is -2.66. The second kappa shape index (κ2) is 5.04. The molecule has 1 atom stereocenters. The van der Waals surface area contributed by atoms with E-state index >= 15 is 0 Å². The average molecular weight is 264 g/mol. The Labute approximate surface area is 119 Å². The smallest absolute Gasteiger partial charge is 0.0334 e. The van der Waals surface area contributed by atoms with Crippen molar-refractivity contribution in [3.63, 3.8) is 0 Å². The summed E-state index contributed by atoms with van der Waals surface area (Å²) in [5, 5.41) is 3.88. The molecule has 2 heteroatoms. The Hall–Kier alpha value is -0.0800. The Kier molecular flexibility index (Phi) is 3.68. The van der Waals surface area contributed by atoms with Crippen LogP contribution in [0.3, 0.4) is 0 Å². The van der Waals surface area contributed by atoms with Crippen LogP contribution >= 0.6 is 0 Å². The molecule has 0 bridgehead atoms. The maximum absolute atomic E-state index is 3.88. The number of rotatable bonds is 3. The van der Waals surface area contributed by atoms with Gasteiger partial charge in [-0.3, -0.25) is 4.90 Å². The van der Waals surface area contributed by atoms with Crippen LogP contribution in [0.1, 0.15) is 65.7 Å². The Balaban J connectivity index is 1.67. The molecule has 2 saturated carbocycles. The van der Waals surface area contributed by atoms with Gasteiger partial charge in [0.25, 0.3) is 0 Å². The van der Waals surface area contributed by atoms with E-state index in [0.29, 0.717) is 17.0 Å². The van der Waals surface area contributed by atoms with Gasteiger partial charge in [-0.05, 0) is 37.1 Å². The van der Waals surface area contributed by atoms with Crippen LogP contribution in [-0.2, 0) is 0 Å². The van der Waals surface area contributed by atoms with Gasteiger partial charge in [-0.15, -0.1) is 0 Å². The van der Waals surface area contributed by atoms with Crippen molar-refractivity contribution in [2.75, 3.05) is 19.6 Å². The summed E-state index contributed by atoms with van der Waals surface area (Å²) in [6, 6.07) is 0.665.